The first kappa shape index (κ1) is 19.0. The summed E-state index contributed by atoms with van der Waals surface area (Å²) in [4.78, 5) is 12.4. The van der Waals surface area contributed by atoms with Crippen LogP contribution in [0.3, 0.4) is 0 Å². The number of methoxy groups -OCH3 is 2. The van der Waals surface area contributed by atoms with Gasteiger partial charge in [0.05, 0.1) is 29.8 Å². The van der Waals surface area contributed by atoms with Crippen molar-refractivity contribution in [1.29, 1.82) is 0 Å². The topological polar surface area (TPSA) is 93.7 Å². The van der Waals surface area contributed by atoms with Crippen LogP contribution < -0.4 is 19.5 Å². The highest BCUT2D eigenvalue weighted by atomic mass is 35.5. The molecule has 7 nitrogen and oxygen atoms in total. The molecule has 0 saturated carbocycles. The first-order valence-electron chi connectivity index (χ1n) is 7.09. The van der Waals surface area contributed by atoms with E-state index in [9.17, 15) is 13.2 Å². The van der Waals surface area contributed by atoms with Gasteiger partial charge in [-0.2, -0.15) is 0 Å². The van der Waals surface area contributed by atoms with Crippen LogP contribution in [0.1, 0.15) is 10.4 Å². The minimum absolute atomic E-state index is 0.0117. The Morgan fingerprint density at radius 3 is 2.36 bits per heavy atom. The predicted molar refractivity (Wildman–Crippen MR) is 95.2 cm³/mol. The lowest BCUT2D eigenvalue weighted by Crippen LogP contribution is -2.19. The SMILES string of the molecule is CNS(=O)(=O)c1cccc(C(=O)Nc2cc(Cl)c(OC)cc2OC)c1. The summed E-state index contributed by atoms with van der Waals surface area (Å²) in [6.45, 7) is 0. The molecule has 0 aromatic heterocycles. The summed E-state index contributed by atoms with van der Waals surface area (Å²) < 4.78 is 36.2. The first-order chi connectivity index (χ1) is 11.8. The van der Waals surface area contributed by atoms with E-state index in [-0.39, 0.29) is 10.5 Å². The maximum absolute atomic E-state index is 12.5. The molecular formula is C16H17ClN2O5S. The molecular weight excluding hydrogens is 368 g/mol. The number of sulfonamides is 1. The van der Waals surface area contributed by atoms with Crippen molar-refractivity contribution in [1.82, 2.24) is 4.72 Å². The number of anilines is 1. The highest BCUT2D eigenvalue weighted by Crippen LogP contribution is 2.36. The number of carbonyl (C=O) groups excluding carboxylic acids is 1. The molecule has 9 heteroatoms. The number of hydrogen-bond donors (Lipinski definition) is 2. The number of halogens is 1. The van der Waals surface area contributed by atoms with Crippen LogP contribution >= 0.6 is 11.6 Å². The van der Waals surface area contributed by atoms with Crippen molar-refractivity contribution in [2.24, 2.45) is 0 Å². The van der Waals surface area contributed by atoms with E-state index in [1.54, 1.807) is 6.07 Å². The number of ether oxygens (including phenoxy) is 2. The molecule has 0 aliphatic carbocycles. The second kappa shape index (κ2) is 7.73. The molecule has 0 spiro atoms. The highest BCUT2D eigenvalue weighted by molar-refractivity contribution is 7.89. The fourth-order valence-electron chi connectivity index (χ4n) is 2.07. The summed E-state index contributed by atoms with van der Waals surface area (Å²) in [5.41, 5.74) is 0.505. The normalized spacial score (nSPS) is 11.0. The van der Waals surface area contributed by atoms with Crippen molar-refractivity contribution in [3.05, 3.63) is 47.0 Å². The Morgan fingerprint density at radius 2 is 1.76 bits per heavy atom. The van der Waals surface area contributed by atoms with Crippen molar-refractivity contribution in [2.75, 3.05) is 26.6 Å². The fourth-order valence-corrected chi connectivity index (χ4v) is 3.09. The van der Waals surface area contributed by atoms with Gasteiger partial charge >= 0.3 is 0 Å². The average Bonchev–Trinajstić information content (AvgIpc) is 2.62. The fraction of sp³-hybridized carbons (Fsp3) is 0.188. The molecule has 0 unspecified atom stereocenters. The molecule has 0 fully saturated rings. The van der Waals surface area contributed by atoms with Crippen molar-refractivity contribution >= 4 is 33.2 Å². The van der Waals surface area contributed by atoms with E-state index < -0.39 is 15.9 Å². The Morgan fingerprint density at radius 1 is 1.08 bits per heavy atom. The molecule has 0 aliphatic heterocycles. The lowest BCUT2D eigenvalue weighted by atomic mass is 10.2. The van der Waals surface area contributed by atoms with Gasteiger partial charge in [-0.05, 0) is 31.3 Å². The van der Waals surface area contributed by atoms with E-state index in [2.05, 4.69) is 10.0 Å². The van der Waals surface area contributed by atoms with Crippen LogP contribution in [0.2, 0.25) is 5.02 Å². The number of rotatable bonds is 6. The van der Waals surface area contributed by atoms with E-state index in [4.69, 9.17) is 21.1 Å². The number of benzene rings is 2. The van der Waals surface area contributed by atoms with Gasteiger partial charge in [-0.3, -0.25) is 4.79 Å². The maximum atomic E-state index is 12.5. The van der Waals surface area contributed by atoms with Gasteiger partial charge in [-0.25, -0.2) is 13.1 Å². The van der Waals surface area contributed by atoms with E-state index >= 15 is 0 Å². The zero-order valence-electron chi connectivity index (χ0n) is 13.8. The lowest BCUT2D eigenvalue weighted by Gasteiger charge is -2.13. The van der Waals surface area contributed by atoms with Crippen molar-refractivity contribution in [2.45, 2.75) is 4.90 Å². The molecule has 2 aromatic rings. The third-order valence-corrected chi connectivity index (χ3v) is 5.10. The molecule has 2 N–H and O–H groups in total. The highest BCUT2D eigenvalue weighted by Gasteiger charge is 2.17. The summed E-state index contributed by atoms with van der Waals surface area (Å²) in [6.07, 6.45) is 0. The van der Waals surface area contributed by atoms with Crippen LogP contribution in [-0.2, 0) is 10.0 Å². The largest absolute Gasteiger partial charge is 0.495 e. The Labute approximate surface area is 151 Å². The van der Waals surface area contributed by atoms with Crippen molar-refractivity contribution < 1.29 is 22.7 Å². The standard InChI is InChI=1S/C16H17ClN2O5S/c1-18-25(21,22)11-6-4-5-10(7-11)16(20)19-13-8-12(17)14(23-2)9-15(13)24-3/h4-9,18H,1-3H3,(H,19,20). The average molecular weight is 385 g/mol. The molecule has 0 bridgehead atoms. The van der Waals surface area contributed by atoms with Gasteiger partial charge in [0.15, 0.2) is 0 Å². The molecule has 0 aliphatic rings. The summed E-state index contributed by atoms with van der Waals surface area (Å²) in [7, 11) is 0.558. The zero-order chi connectivity index (χ0) is 18.6. The van der Waals surface area contributed by atoms with Gasteiger partial charge in [-0.1, -0.05) is 17.7 Å². The molecule has 25 heavy (non-hydrogen) atoms. The van der Waals surface area contributed by atoms with Crippen LogP contribution in [0, 0.1) is 0 Å². The van der Waals surface area contributed by atoms with Crippen LogP contribution in [0.5, 0.6) is 11.5 Å². The van der Waals surface area contributed by atoms with Crippen molar-refractivity contribution in [3.63, 3.8) is 0 Å². The van der Waals surface area contributed by atoms with E-state index in [0.717, 1.165) is 0 Å². The van der Waals surface area contributed by atoms with Gasteiger partial charge in [-0.15, -0.1) is 0 Å². The number of nitrogens with one attached hydrogen (secondary N) is 2. The van der Waals surface area contributed by atoms with Crippen LogP contribution in [0.15, 0.2) is 41.3 Å². The summed E-state index contributed by atoms with van der Waals surface area (Å²) in [5.74, 6) is 0.250. The van der Waals surface area contributed by atoms with Gasteiger partial charge in [0.2, 0.25) is 10.0 Å². The van der Waals surface area contributed by atoms with Gasteiger partial charge in [0, 0.05) is 11.6 Å². The van der Waals surface area contributed by atoms with Crippen LogP contribution in [-0.4, -0.2) is 35.6 Å². The zero-order valence-corrected chi connectivity index (χ0v) is 15.4. The van der Waals surface area contributed by atoms with Gasteiger partial charge in [0.1, 0.15) is 11.5 Å². The Kier molecular flexibility index (Phi) is 5.89. The van der Waals surface area contributed by atoms with Gasteiger partial charge < -0.3 is 14.8 Å². The smallest absolute Gasteiger partial charge is 0.255 e. The molecule has 1 amide bonds. The van der Waals surface area contributed by atoms with E-state index in [1.165, 1.54) is 51.6 Å². The van der Waals surface area contributed by atoms with E-state index in [0.29, 0.717) is 22.2 Å². The minimum Gasteiger partial charge on any atom is -0.495 e. The molecule has 2 aromatic carbocycles. The Balaban J connectivity index is 2.35. The van der Waals surface area contributed by atoms with Crippen LogP contribution in [0.4, 0.5) is 5.69 Å². The third kappa shape index (κ3) is 4.22. The third-order valence-electron chi connectivity index (χ3n) is 3.40. The molecule has 2 rings (SSSR count). The summed E-state index contributed by atoms with van der Waals surface area (Å²) in [6, 6.07) is 8.69. The maximum Gasteiger partial charge on any atom is 0.255 e. The second-order valence-electron chi connectivity index (χ2n) is 4.88. The first-order valence-corrected chi connectivity index (χ1v) is 8.95. The Hall–Kier alpha value is -2.29. The molecule has 0 saturated heterocycles. The molecule has 0 atom stereocenters. The van der Waals surface area contributed by atoms with Crippen LogP contribution in [0.25, 0.3) is 0 Å². The number of carbonyl (C=O) groups is 1. The predicted octanol–water partition coefficient (Wildman–Crippen LogP) is 2.52. The summed E-state index contributed by atoms with van der Waals surface area (Å²) in [5, 5.41) is 2.94. The lowest BCUT2D eigenvalue weighted by molar-refractivity contribution is 0.102. The molecule has 0 radical (unpaired) electrons. The monoisotopic (exact) mass is 384 g/mol. The quantitative estimate of drug-likeness (QED) is 0.798. The minimum atomic E-state index is -3.65. The number of hydrogen-bond acceptors (Lipinski definition) is 5. The van der Waals surface area contributed by atoms with Gasteiger partial charge in [0.25, 0.3) is 5.91 Å². The van der Waals surface area contributed by atoms with Crippen molar-refractivity contribution in [3.8, 4) is 11.5 Å². The summed E-state index contributed by atoms with van der Waals surface area (Å²) >= 11 is 6.07. The molecule has 134 valence electrons. The Bertz CT molecular complexity index is 899. The molecule has 0 heterocycles. The second-order valence-corrected chi connectivity index (χ2v) is 7.17. The number of amides is 1. The van der Waals surface area contributed by atoms with E-state index in [1.807, 2.05) is 0 Å².